The summed E-state index contributed by atoms with van der Waals surface area (Å²) in [5, 5.41) is 21.4. The molecule has 0 bridgehead atoms. The van der Waals surface area contributed by atoms with Gasteiger partial charge in [-0.05, 0) is 32.9 Å². The summed E-state index contributed by atoms with van der Waals surface area (Å²) in [6.07, 6.45) is 2.29. The molecule has 0 saturated carbocycles. The summed E-state index contributed by atoms with van der Waals surface area (Å²) in [5.41, 5.74) is 1.06. The average Bonchev–Trinajstić information content (AvgIpc) is 3.06. The minimum absolute atomic E-state index is 0.262. The number of aliphatic hydroxyl groups is 1. The lowest BCUT2D eigenvalue weighted by Crippen LogP contribution is -2.41. The second kappa shape index (κ2) is 6.77. The Bertz CT molecular complexity index is 455. The first-order chi connectivity index (χ1) is 10.2. The van der Waals surface area contributed by atoms with Crippen LogP contribution < -0.4 is 10.6 Å². The van der Waals surface area contributed by atoms with Crippen LogP contribution in [0.4, 0.5) is 5.82 Å². The van der Waals surface area contributed by atoms with Gasteiger partial charge in [0.15, 0.2) is 0 Å². The van der Waals surface area contributed by atoms with E-state index in [9.17, 15) is 5.11 Å². The van der Waals surface area contributed by atoms with Crippen molar-refractivity contribution in [2.75, 3.05) is 44.6 Å². The predicted molar refractivity (Wildman–Crippen MR) is 83.5 cm³/mol. The van der Waals surface area contributed by atoms with Crippen molar-refractivity contribution in [1.82, 2.24) is 20.0 Å². The van der Waals surface area contributed by atoms with E-state index in [1.165, 1.54) is 12.8 Å². The fraction of sp³-hybridized carbons (Fsp3) is 0.800. The number of rotatable bonds is 6. The minimum Gasteiger partial charge on any atom is -0.390 e. The van der Waals surface area contributed by atoms with Gasteiger partial charge < -0.3 is 20.6 Å². The molecule has 2 atom stereocenters. The lowest BCUT2D eigenvalue weighted by Gasteiger charge is -2.26. The van der Waals surface area contributed by atoms with Crippen LogP contribution in [-0.4, -0.2) is 65.2 Å². The van der Waals surface area contributed by atoms with Crippen LogP contribution in [-0.2, 0) is 6.54 Å². The van der Waals surface area contributed by atoms with Gasteiger partial charge in [0.25, 0.3) is 0 Å². The number of hydrogen-bond acceptors (Lipinski definition) is 5. The van der Waals surface area contributed by atoms with Gasteiger partial charge >= 0.3 is 0 Å². The van der Waals surface area contributed by atoms with E-state index in [4.69, 9.17) is 0 Å². The van der Waals surface area contributed by atoms with E-state index in [1.54, 1.807) is 0 Å². The molecule has 2 aliphatic rings. The highest BCUT2D eigenvalue weighted by Crippen LogP contribution is 2.17. The van der Waals surface area contributed by atoms with E-state index in [1.807, 2.05) is 11.6 Å². The summed E-state index contributed by atoms with van der Waals surface area (Å²) in [4.78, 5) is 2.35. The summed E-state index contributed by atoms with van der Waals surface area (Å²) in [7, 11) is 0. The second-order valence-electron chi connectivity index (χ2n) is 6.42. The van der Waals surface area contributed by atoms with Gasteiger partial charge in [0, 0.05) is 44.7 Å². The maximum Gasteiger partial charge on any atom is 0.124 e. The molecule has 1 aromatic heterocycles. The van der Waals surface area contributed by atoms with Gasteiger partial charge in [0.05, 0.1) is 11.8 Å². The van der Waals surface area contributed by atoms with Gasteiger partial charge in [-0.15, -0.1) is 0 Å². The Labute approximate surface area is 126 Å². The Hall–Kier alpha value is -1.11. The van der Waals surface area contributed by atoms with Crippen LogP contribution in [0.3, 0.4) is 0 Å². The highest BCUT2D eigenvalue weighted by Gasteiger charge is 2.20. The summed E-state index contributed by atoms with van der Waals surface area (Å²) >= 11 is 0. The SMILES string of the molecule is Cc1cc2n(n1)C[C@@H](CNC[C@@H](O)CN1CCCC1)CN2. The van der Waals surface area contributed by atoms with Crippen molar-refractivity contribution in [3.05, 3.63) is 11.8 Å². The van der Waals surface area contributed by atoms with Gasteiger partial charge in [-0.2, -0.15) is 5.10 Å². The van der Waals surface area contributed by atoms with Crippen LogP contribution in [0.15, 0.2) is 6.07 Å². The van der Waals surface area contributed by atoms with Crippen LogP contribution in [0.1, 0.15) is 18.5 Å². The van der Waals surface area contributed by atoms with Crippen molar-refractivity contribution in [2.24, 2.45) is 5.92 Å². The van der Waals surface area contributed by atoms with E-state index < -0.39 is 0 Å². The Morgan fingerprint density at radius 3 is 3.10 bits per heavy atom. The molecule has 3 rings (SSSR count). The number of aromatic nitrogens is 2. The first kappa shape index (κ1) is 14.8. The number of nitrogens with zero attached hydrogens (tertiary/aromatic N) is 3. The highest BCUT2D eigenvalue weighted by molar-refractivity contribution is 5.38. The van der Waals surface area contributed by atoms with Crippen LogP contribution in [0, 0.1) is 12.8 Å². The highest BCUT2D eigenvalue weighted by atomic mass is 16.3. The lowest BCUT2D eigenvalue weighted by molar-refractivity contribution is 0.122. The molecule has 6 nitrogen and oxygen atoms in total. The van der Waals surface area contributed by atoms with E-state index >= 15 is 0 Å². The number of β-amino-alcohol motifs (C(OH)–C–C–N with tert-alkyl or cyclic N) is 1. The maximum atomic E-state index is 10.1. The van der Waals surface area contributed by atoms with Gasteiger partial charge in [-0.3, -0.25) is 0 Å². The summed E-state index contributed by atoms with van der Waals surface area (Å²) in [5.74, 6) is 1.65. The molecule has 6 heteroatoms. The quantitative estimate of drug-likeness (QED) is 0.703. The third kappa shape index (κ3) is 3.96. The predicted octanol–water partition coefficient (Wildman–Crippen LogP) is 0.280. The Morgan fingerprint density at radius 1 is 1.48 bits per heavy atom. The number of fused-ring (bicyclic) bond motifs is 1. The van der Waals surface area contributed by atoms with Gasteiger partial charge in [0.1, 0.15) is 5.82 Å². The molecule has 1 saturated heterocycles. The normalized spacial score (nSPS) is 23.8. The second-order valence-corrected chi connectivity index (χ2v) is 6.42. The number of aryl methyl sites for hydroxylation is 1. The Morgan fingerprint density at radius 2 is 2.29 bits per heavy atom. The van der Waals surface area contributed by atoms with Crippen molar-refractivity contribution in [3.8, 4) is 0 Å². The van der Waals surface area contributed by atoms with E-state index in [0.717, 1.165) is 50.8 Å². The molecule has 0 spiro atoms. The monoisotopic (exact) mass is 293 g/mol. The molecule has 0 unspecified atom stereocenters. The zero-order valence-electron chi connectivity index (χ0n) is 12.9. The molecule has 0 amide bonds. The number of anilines is 1. The van der Waals surface area contributed by atoms with Gasteiger partial charge in [-0.25, -0.2) is 4.68 Å². The largest absolute Gasteiger partial charge is 0.390 e. The first-order valence-corrected chi connectivity index (χ1v) is 8.10. The van der Waals surface area contributed by atoms with Crippen LogP contribution in [0.25, 0.3) is 0 Å². The molecular formula is C15H27N5O. The molecule has 3 N–H and O–H groups in total. The number of aliphatic hydroxyl groups excluding tert-OH is 1. The van der Waals surface area contributed by atoms with Crippen LogP contribution in [0.2, 0.25) is 0 Å². The van der Waals surface area contributed by atoms with Crippen molar-refractivity contribution in [2.45, 2.75) is 32.4 Å². The Kier molecular flexibility index (Phi) is 4.77. The minimum atomic E-state index is -0.262. The molecule has 0 aromatic carbocycles. The van der Waals surface area contributed by atoms with Crippen LogP contribution >= 0.6 is 0 Å². The van der Waals surface area contributed by atoms with E-state index in [-0.39, 0.29) is 6.10 Å². The smallest absolute Gasteiger partial charge is 0.124 e. The van der Waals surface area contributed by atoms with Gasteiger partial charge in [-0.1, -0.05) is 0 Å². The third-order valence-corrected chi connectivity index (χ3v) is 4.39. The molecule has 118 valence electrons. The van der Waals surface area contributed by atoms with Gasteiger partial charge in [0.2, 0.25) is 0 Å². The number of likely N-dealkylation sites (tertiary alicyclic amines) is 1. The molecule has 21 heavy (non-hydrogen) atoms. The molecule has 0 radical (unpaired) electrons. The summed E-state index contributed by atoms with van der Waals surface area (Å²) in [6.45, 7) is 8.63. The lowest BCUT2D eigenvalue weighted by atomic mass is 10.1. The maximum absolute atomic E-state index is 10.1. The number of nitrogens with one attached hydrogen (secondary N) is 2. The summed E-state index contributed by atoms with van der Waals surface area (Å²) in [6, 6.07) is 2.09. The van der Waals surface area contributed by atoms with Crippen molar-refractivity contribution >= 4 is 5.82 Å². The molecule has 3 heterocycles. The fourth-order valence-corrected chi connectivity index (χ4v) is 3.30. The zero-order chi connectivity index (χ0) is 14.7. The van der Waals surface area contributed by atoms with Crippen LogP contribution in [0.5, 0.6) is 0 Å². The molecule has 0 aliphatic carbocycles. The van der Waals surface area contributed by atoms with E-state index in [2.05, 4.69) is 26.7 Å². The zero-order valence-corrected chi connectivity index (χ0v) is 12.9. The number of hydrogen-bond donors (Lipinski definition) is 3. The fourth-order valence-electron chi connectivity index (χ4n) is 3.30. The van der Waals surface area contributed by atoms with Crippen molar-refractivity contribution in [1.29, 1.82) is 0 Å². The molecule has 2 aliphatic heterocycles. The molecule has 1 fully saturated rings. The first-order valence-electron chi connectivity index (χ1n) is 8.10. The topological polar surface area (TPSA) is 65.3 Å². The van der Waals surface area contributed by atoms with Crippen molar-refractivity contribution < 1.29 is 5.11 Å². The standard InChI is InChI=1S/C15H27N5O/c1-12-6-15-17-8-13(10-20(15)18-12)7-16-9-14(21)11-19-4-2-3-5-19/h6,13-14,16-17,21H,2-5,7-11H2,1H3/t13-,14+/m0/s1. The molecule has 1 aromatic rings. The summed E-state index contributed by atoms with van der Waals surface area (Å²) < 4.78 is 2.05. The van der Waals surface area contributed by atoms with E-state index in [0.29, 0.717) is 12.5 Å². The molecular weight excluding hydrogens is 266 g/mol. The third-order valence-electron chi connectivity index (χ3n) is 4.39. The average molecular weight is 293 g/mol. The Balaban J connectivity index is 1.36. The van der Waals surface area contributed by atoms with Crippen molar-refractivity contribution in [3.63, 3.8) is 0 Å².